The topological polar surface area (TPSA) is 133 Å². The molecule has 0 spiro atoms. The second kappa shape index (κ2) is 7.46. The fourth-order valence-electron chi connectivity index (χ4n) is 3.77. The van der Waals surface area contributed by atoms with Gasteiger partial charge in [-0.15, -0.1) is 0 Å². The first-order valence-electron chi connectivity index (χ1n) is 9.58. The monoisotopic (exact) mass is 382 g/mol. The molecule has 2 aromatic heterocycles. The van der Waals surface area contributed by atoms with E-state index in [1.807, 2.05) is 0 Å². The minimum absolute atomic E-state index is 0.0794. The molecule has 0 bridgehead atoms. The van der Waals surface area contributed by atoms with E-state index in [0.717, 1.165) is 12.8 Å². The van der Waals surface area contributed by atoms with Gasteiger partial charge in [0.1, 0.15) is 12.1 Å². The summed E-state index contributed by atoms with van der Waals surface area (Å²) in [6.07, 6.45) is 6.60. The summed E-state index contributed by atoms with van der Waals surface area (Å²) in [5.74, 6) is -0.313. The van der Waals surface area contributed by atoms with Crippen molar-refractivity contribution >= 4 is 22.8 Å². The van der Waals surface area contributed by atoms with E-state index in [0.29, 0.717) is 30.8 Å². The molecule has 2 aromatic rings. The van der Waals surface area contributed by atoms with E-state index in [-0.39, 0.29) is 35.2 Å². The van der Waals surface area contributed by atoms with E-state index >= 15 is 0 Å². The van der Waals surface area contributed by atoms with Gasteiger partial charge in [-0.05, 0) is 31.2 Å². The molecule has 1 aliphatic heterocycles. The molecule has 2 fully saturated rings. The zero-order valence-electron chi connectivity index (χ0n) is 15.4. The molecule has 3 heterocycles. The van der Waals surface area contributed by atoms with E-state index in [4.69, 9.17) is 0 Å². The quantitative estimate of drug-likeness (QED) is 0.645. The lowest BCUT2D eigenvalue weighted by Crippen LogP contribution is -2.43. The van der Waals surface area contributed by atoms with Gasteiger partial charge >= 0.3 is 0 Å². The summed E-state index contributed by atoms with van der Waals surface area (Å²) in [5, 5.41) is 14.9. The van der Waals surface area contributed by atoms with Gasteiger partial charge in [0, 0.05) is 18.7 Å². The van der Waals surface area contributed by atoms with Crippen LogP contribution >= 0.6 is 0 Å². The SMILES string of the molecule is N#C[C@H](C[C@@H]1CCNC1=O)NC(=O)[C@H](CC1CC1)n1ccc2[nH]cnc2c1=O. The summed E-state index contributed by atoms with van der Waals surface area (Å²) in [6, 6.07) is 2.33. The average Bonchev–Trinajstić information content (AvgIpc) is 3.21. The molecule has 1 saturated heterocycles. The van der Waals surface area contributed by atoms with Crippen molar-refractivity contribution in [1.29, 1.82) is 5.26 Å². The van der Waals surface area contributed by atoms with Crippen LogP contribution in [0.5, 0.6) is 0 Å². The standard InChI is InChI=1S/C19H22N6O3/c20-9-13(8-12-3-5-21-17(12)26)24-18(27)15(7-11-1-2-11)25-6-4-14-16(19(25)28)23-10-22-14/h4,6,10-13,15H,1-3,5,7-8H2,(H,21,26)(H,22,23)(H,24,27)/t12-,13-,15-/m0/s1. The molecule has 1 saturated carbocycles. The van der Waals surface area contributed by atoms with Crippen LogP contribution in [-0.2, 0) is 9.59 Å². The number of H-pyrrole nitrogens is 1. The number of pyridine rings is 1. The number of hydrogen-bond acceptors (Lipinski definition) is 5. The first kappa shape index (κ1) is 18.2. The third kappa shape index (κ3) is 3.63. The number of fused-ring (bicyclic) bond motifs is 1. The fourth-order valence-corrected chi connectivity index (χ4v) is 3.77. The number of hydrogen-bond donors (Lipinski definition) is 3. The van der Waals surface area contributed by atoms with Gasteiger partial charge in [-0.3, -0.25) is 14.4 Å². The smallest absolute Gasteiger partial charge is 0.279 e. The highest BCUT2D eigenvalue weighted by atomic mass is 16.2. The Morgan fingerprint density at radius 2 is 2.18 bits per heavy atom. The predicted octanol–water partition coefficient (Wildman–Crippen LogP) is 0.600. The van der Waals surface area contributed by atoms with Crippen LogP contribution in [0.4, 0.5) is 0 Å². The number of rotatable bonds is 7. The van der Waals surface area contributed by atoms with Gasteiger partial charge < -0.3 is 20.2 Å². The molecule has 0 aromatic carbocycles. The lowest BCUT2D eigenvalue weighted by Gasteiger charge is -2.22. The molecule has 146 valence electrons. The van der Waals surface area contributed by atoms with Gasteiger partial charge in [0.25, 0.3) is 5.56 Å². The molecule has 9 nitrogen and oxygen atoms in total. The molecular formula is C19H22N6O3. The van der Waals surface area contributed by atoms with Crippen molar-refractivity contribution in [2.45, 2.75) is 44.2 Å². The van der Waals surface area contributed by atoms with E-state index in [1.165, 1.54) is 10.9 Å². The zero-order chi connectivity index (χ0) is 19.7. The van der Waals surface area contributed by atoms with Crippen LogP contribution < -0.4 is 16.2 Å². The molecule has 4 rings (SSSR count). The Balaban J connectivity index is 1.55. The Bertz CT molecular complexity index is 999. The van der Waals surface area contributed by atoms with E-state index < -0.39 is 12.1 Å². The van der Waals surface area contributed by atoms with Crippen LogP contribution in [0.1, 0.15) is 38.1 Å². The highest BCUT2D eigenvalue weighted by Crippen LogP contribution is 2.36. The van der Waals surface area contributed by atoms with Crippen LogP contribution in [0.3, 0.4) is 0 Å². The van der Waals surface area contributed by atoms with Crippen molar-refractivity contribution in [2.75, 3.05) is 6.54 Å². The summed E-state index contributed by atoms with van der Waals surface area (Å²) in [5.41, 5.74) is 0.577. The highest BCUT2D eigenvalue weighted by Gasteiger charge is 2.33. The van der Waals surface area contributed by atoms with Crippen molar-refractivity contribution in [3.8, 4) is 6.07 Å². The van der Waals surface area contributed by atoms with Gasteiger partial charge in [-0.1, -0.05) is 12.8 Å². The number of carbonyl (C=O) groups is 2. The van der Waals surface area contributed by atoms with Crippen LogP contribution in [0, 0.1) is 23.2 Å². The molecule has 28 heavy (non-hydrogen) atoms. The van der Waals surface area contributed by atoms with Crippen molar-refractivity contribution in [2.24, 2.45) is 11.8 Å². The van der Waals surface area contributed by atoms with Gasteiger partial charge in [0.15, 0.2) is 5.52 Å². The summed E-state index contributed by atoms with van der Waals surface area (Å²) >= 11 is 0. The molecule has 0 radical (unpaired) electrons. The van der Waals surface area contributed by atoms with E-state index in [2.05, 4.69) is 26.7 Å². The van der Waals surface area contributed by atoms with Gasteiger partial charge in [-0.25, -0.2) is 4.98 Å². The number of nitrogens with zero attached hydrogens (tertiary/aromatic N) is 3. The Morgan fingerprint density at radius 1 is 1.36 bits per heavy atom. The van der Waals surface area contributed by atoms with Gasteiger partial charge in [0.2, 0.25) is 11.8 Å². The second-order valence-electron chi connectivity index (χ2n) is 7.59. The summed E-state index contributed by atoms with van der Waals surface area (Å²) < 4.78 is 1.41. The molecule has 0 unspecified atom stereocenters. The van der Waals surface area contributed by atoms with E-state index in [9.17, 15) is 19.6 Å². The molecular weight excluding hydrogens is 360 g/mol. The molecule has 3 N–H and O–H groups in total. The highest BCUT2D eigenvalue weighted by molar-refractivity contribution is 5.83. The maximum absolute atomic E-state index is 13.0. The van der Waals surface area contributed by atoms with Crippen molar-refractivity contribution in [3.05, 3.63) is 28.9 Å². The largest absolute Gasteiger partial charge is 0.356 e. The van der Waals surface area contributed by atoms with Crippen LogP contribution in [-0.4, -0.2) is 38.9 Å². The summed E-state index contributed by atoms with van der Waals surface area (Å²) in [7, 11) is 0. The minimum atomic E-state index is -0.770. The van der Waals surface area contributed by atoms with E-state index in [1.54, 1.807) is 12.3 Å². The Labute approximate surface area is 161 Å². The second-order valence-corrected chi connectivity index (χ2v) is 7.59. The van der Waals surface area contributed by atoms with Crippen molar-refractivity contribution in [3.63, 3.8) is 0 Å². The number of aromatic amines is 1. The number of carbonyl (C=O) groups excluding carboxylic acids is 2. The summed E-state index contributed by atoms with van der Waals surface area (Å²) in [4.78, 5) is 44.5. The van der Waals surface area contributed by atoms with Crippen LogP contribution in [0.2, 0.25) is 0 Å². The first-order valence-corrected chi connectivity index (χ1v) is 9.58. The summed E-state index contributed by atoms with van der Waals surface area (Å²) in [6.45, 7) is 0.596. The predicted molar refractivity (Wildman–Crippen MR) is 100 cm³/mol. The third-order valence-electron chi connectivity index (χ3n) is 5.56. The van der Waals surface area contributed by atoms with Crippen molar-refractivity contribution < 1.29 is 9.59 Å². The van der Waals surface area contributed by atoms with Gasteiger partial charge in [-0.2, -0.15) is 5.26 Å². The Hall–Kier alpha value is -3.15. The Kier molecular flexibility index (Phi) is 4.86. The zero-order valence-corrected chi connectivity index (χ0v) is 15.4. The maximum Gasteiger partial charge on any atom is 0.279 e. The molecule has 1 aliphatic carbocycles. The van der Waals surface area contributed by atoms with Gasteiger partial charge in [0.05, 0.1) is 17.9 Å². The van der Waals surface area contributed by atoms with Crippen LogP contribution in [0.25, 0.3) is 11.0 Å². The first-order chi connectivity index (χ1) is 13.6. The number of imidazole rings is 1. The third-order valence-corrected chi connectivity index (χ3v) is 5.56. The lowest BCUT2D eigenvalue weighted by atomic mass is 9.98. The normalized spacial score (nSPS) is 21.1. The Morgan fingerprint density at radius 3 is 2.86 bits per heavy atom. The number of nitriles is 1. The average molecular weight is 382 g/mol. The maximum atomic E-state index is 13.0. The van der Waals surface area contributed by atoms with Crippen LogP contribution in [0.15, 0.2) is 23.4 Å². The number of aromatic nitrogens is 3. The lowest BCUT2D eigenvalue weighted by molar-refractivity contribution is -0.126. The molecule has 3 atom stereocenters. The fraction of sp³-hybridized carbons (Fsp3) is 0.526. The number of amides is 2. The van der Waals surface area contributed by atoms with Crippen molar-refractivity contribution in [1.82, 2.24) is 25.2 Å². The molecule has 2 amide bonds. The molecule has 2 aliphatic rings. The minimum Gasteiger partial charge on any atom is -0.356 e. The number of nitrogens with one attached hydrogen (secondary N) is 3. The molecule has 9 heteroatoms.